The number of aromatic nitrogens is 1. The van der Waals surface area contributed by atoms with Crippen LogP contribution in [0.2, 0.25) is 0 Å². The second-order valence-corrected chi connectivity index (χ2v) is 8.82. The first-order valence-corrected chi connectivity index (χ1v) is 10.8. The average Bonchev–Trinajstić information content (AvgIpc) is 3.17. The third-order valence-corrected chi connectivity index (χ3v) is 6.35. The minimum Gasteiger partial charge on any atom is -0.317 e. The van der Waals surface area contributed by atoms with Gasteiger partial charge in [-0.05, 0) is 90.4 Å². The Labute approximate surface area is 182 Å². The van der Waals surface area contributed by atoms with Crippen LogP contribution < -0.4 is 5.32 Å². The predicted octanol–water partition coefficient (Wildman–Crippen LogP) is 6.06. The van der Waals surface area contributed by atoms with Crippen LogP contribution in [0.15, 0.2) is 69.0 Å². The van der Waals surface area contributed by atoms with E-state index in [1.807, 2.05) is 55.5 Å². The van der Waals surface area contributed by atoms with Crippen LogP contribution in [0.4, 0.5) is 5.69 Å². The topological polar surface area (TPSA) is 46.4 Å². The van der Waals surface area contributed by atoms with Gasteiger partial charge in [-0.2, -0.15) is 0 Å². The molecule has 6 heteroatoms. The Morgan fingerprint density at radius 3 is 2.52 bits per heavy atom. The van der Waals surface area contributed by atoms with Crippen LogP contribution in [0.3, 0.4) is 0 Å². The molecule has 2 aromatic carbocycles. The van der Waals surface area contributed by atoms with Gasteiger partial charge in [0.15, 0.2) is 5.17 Å². The second-order valence-electron chi connectivity index (χ2n) is 6.93. The first kappa shape index (κ1) is 19.7. The zero-order chi connectivity index (χ0) is 20.5. The Morgan fingerprint density at radius 1 is 1.07 bits per heavy atom. The first-order chi connectivity index (χ1) is 13.9. The van der Waals surface area contributed by atoms with E-state index in [4.69, 9.17) is 0 Å². The van der Waals surface area contributed by atoms with Crippen molar-refractivity contribution in [2.75, 3.05) is 0 Å². The van der Waals surface area contributed by atoms with Crippen LogP contribution in [-0.4, -0.2) is 15.6 Å². The predicted molar refractivity (Wildman–Crippen MR) is 125 cm³/mol. The lowest BCUT2D eigenvalue weighted by molar-refractivity contribution is -0.115. The molecule has 0 saturated carbocycles. The maximum Gasteiger partial charge on any atom is 0.264 e. The van der Waals surface area contributed by atoms with E-state index in [0.29, 0.717) is 10.1 Å². The molecular weight excluding hydrogens is 446 g/mol. The molecule has 146 valence electrons. The van der Waals surface area contributed by atoms with Crippen LogP contribution in [0.25, 0.3) is 11.8 Å². The number of aryl methyl sites for hydroxylation is 2. The van der Waals surface area contributed by atoms with E-state index in [0.717, 1.165) is 32.8 Å². The van der Waals surface area contributed by atoms with Crippen molar-refractivity contribution < 1.29 is 4.79 Å². The monoisotopic (exact) mass is 465 g/mol. The Morgan fingerprint density at radius 2 is 1.79 bits per heavy atom. The number of halogens is 1. The number of carbonyl (C=O) groups excluding carboxylic acids is 1. The van der Waals surface area contributed by atoms with E-state index < -0.39 is 0 Å². The molecule has 1 amide bonds. The molecule has 4 rings (SSSR count). The Balaban J connectivity index is 1.65. The van der Waals surface area contributed by atoms with Crippen molar-refractivity contribution in [2.45, 2.75) is 20.8 Å². The average molecular weight is 466 g/mol. The largest absolute Gasteiger partial charge is 0.317 e. The third-order valence-electron chi connectivity index (χ3n) is 4.77. The molecule has 0 aliphatic carbocycles. The summed E-state index contributed by atoms with van der Waals surface area (Å²) >= 11 is 5.00. The van der Waals surface area contributed by atoms with Gasteiger partial charge < -0.3 is 9.88 Å². The fourth-order valence-electron chi connectivity index (χ4n) is 3.30. The van der Waals surface area contributed by atoms with Crippen molar-refractivity contribution in [1.82, 2.24) is 9.88 Å². The summed E-state index contributed by atoms with van der Waals surface area (Å²) in [4.78, 5) is 17.6. The Hall–Kier alpha value is -2.57. The van der Waals surface area contributed by atoms with Gasteiger partial charge >= 0.3 is 0 Å². The molecular formula is C23H20BrN3OS. The summed E-state index contributed by atoms with van der Waals surface area (Å²) in [6, 6.07) is 18.1. The Kier molecular flexibility index (Phi) is 5.48. The maximum atomic E-state index is 12.5. The summed E-state index contributed by atoms with van der Waals surface area (Å²) in [6.45, 7) is 6.17. The summed E-state index contributed by atoms with van der Waals surface area (Å²) in [7, 11) is 0. The molecule has 1 fully saturated rings. The highest BCUT2D eigenvalue weighted by atomic mass is 79.9. The summed E-state index contributed by atoms with van der Waals surface area (Å²) < 4.78 is 3.22. The smallest absolute Gasteiger partial charge is 0.264 e. The molecule has 1 aromatic heterocycles. The number of aliphatic imine (C=N–C) groups is 1. The van der Waals surface area contributed by atoms with E-state index in [2.05, 4.69) is 56.8 Å². The number of benzene rings is 2. The van der Waals surface area contributed by atoms with Gasteiger partial charge in [0.05, 0.1) is 16.3 Å². The molecule has 1 aliphatic heterocycles. The molecule has 4 nitrogen and oxygen atoms in total. The molecule has 0 unspecified atom stereocenters. The quantitative estimate of drug-likeness (QED) is 0.478. The number of hydrogen-bond donors (Lipinski definition) is 1. The van der Waals surface area contributed by atoms with Crippen molar-refractivity contribution in [3.63, 3.8) is 0 Å². The number of amides is 1. The summed E-state index contributed by atoms with van der Waals surface area (Å²) in [5.41, 5.74) is 6.30. The number of nitrogens with one attached hydrogen (secondary N) is 1. The van der Waals surface area contributed by atoms with Crippen LogP contribution in [0.1, 0.15) is 22.5 Å². The standard InChI is InChI=1S/C23H20BrN3OS/c1-14-8-10-18(11-9-14)25-23-26-22(28)21(29-23)13-17-12-15(2)27(16(17)3)20-7-5-4-6-19(20)24/h4-13H,1-3H3,(H,25,26,28)/b21-13+. The molecule has 29 heavy (non-hydrogen) atoms. The highest BCUT2D eigenvalue weighted by Crippen LogP contribution is 2.32. The number of amidine groups is 1. The molecule has 0 radical (unpaired) electrons. The van der Waals surface area contributed by atoms with Crippen LogP contribution >= 0.6 is 27.7 Å². The van der Waals surface area contributed by atoms with E-state index >= 15 is 0 Å². The number of para-hydroxylation sites is 1. The highest BCUT2D eigenvalue weighted by Gasteiger charge is 2.24. The van der Waals surface area contributed by atoms with Crippen LogP contribution in [-0.2, 0) is 4.79 Å². The van der Waals surface area contributed by atoms with E-state index in [9.17, 15) is 4.79 Å². The van der Waals surface area contributed by atoms with Crippen molar-refractivity contribution in [1.29, 1.82) is 0 Å². The van der Waals surface area contributed by atoms with E-state index in [1.54, 1.807) is 0 Å². The zero-order valence-electron chi connectivity index (χ0n) is 16.4. The summed E-state index contributed by atoms with van der Waals surface area (Å²) in [5.74, 6) is -0.119. The SMILES string of the molecule is Cc1ccc(N=C2NC(=O)/C(=C\c3cc(C)n(-c4ccccc4Br)c3C)S2)cc1. The van der Waals surface area contributed by atoms with Gasteiger partial charge in [0.25, 0.3) is 5.91 Å². The normalized spacial score (nSPS) is 16.6. The lowest BCUT2D eigenvalue weighted by atomic mass is 10.2. The van der Waals surface area contributed by atoms with Crippen molar-refractivity contribution >= 4 is 50.5 Å². The van der Waals surface area contributed by atoms with Crippen LogP contribution in [0.5, 0.6) is 0 Å². The number of carbonyl (C=O) groups is 1. The van der Waals surface area contributed by atoms with Gasteiger partial charge in [-0.15, -0.1) is 0 Å². The number of thioether (sulfide) groups is 1. The number of hydrogen-bond acceptors (Lipinski definition) is 3. The van der Waals surface area contributed by atoms with Gasteiger partial charge in [-0.1, -0.05) is 29.8 Å². The minimum atomic E-state index is -0.119. The van der Waals surface area contributed by atoms with Crippen molar-refractivity contribution in [3.8, 4) is 5.69 Å². The summed E-state index contributed by atoms with van der Waals surface area (Å²) in [5, 5.41) is 3.46. The first-order valence-electron chi connectivity index (χ1n) is 9.22. The van der Waals surface area contributed by atoms with Gasteiger partial charge in [0.1, 0.15) is 0 Å². The highest BCUT2D eigenvalue weighted by molar-refractivity contribution is 9.10. The lowest BCUT2D eigenvalue weighted by Gasteiger charge is -2.11. The molecule has 0 bridgehead atoms. The zero-order valence-corrected chi connectivity index (χ0v) is 18.8. The van der Waals surface area contributed by atoms with Gasteiger partial charge in [-0.3, -0.25) is 4.79 Å². The van der Waals surface area contributed by atoms with Gasteiger partial charge in [-0.25, -0.2) is 4.99 Å². The fraction of sp³-hybridized carbons (Fsp3) is 0.130. The molecule has 1 saturated heterocycles. The minimum absolute atomic E-state index is 0.119. The molecule has 0 spiro atoms. The fourth-order valence-corrected chi connectivity index (χ4v) is 4.59. The van der Waals surface area contributed by atoms with Gasteiger partial charge in [0, 0.05) is 15.9 Å². The Bertz CT molecular complexity index is 1160. The molecule has 3 aromatic rings. The maximum absolute atomic E-state index is 12.5. The number of nitrogens with zero attached hydrogens (tertiary/aromatic N) is 2. The molecule has 2 heterocycles. The van der Waals surface area contributed by atoms with E-state index in [1.165, 1.54) is 17.3 Å². The van der Waals surface area contributed by atoms with Crippen molar-refractivity contribution in [3.05, 3.63) is 86.5 Å². The summed E-state index contributed by atoms with van der Waals surface area (Å²) in [6.07, 6.45) is 1.94. The van der Waals surface area contributed by atoms with Gasteiger partial charge in [0.2, 0.25) is 0 Å². The third kappa shape index (κ3) is 4.09. The second kappa shape index (κ2) is 8.05. The van der Waals surface area contributed by atoms with E-state index in [-0.39, 0.29) is 5.91 Å². The lowest BCUT2D eigenvalue weighted by Crippen LogP contribution is -2.19. The molecule has 0 atom stereocenters. The van der Waals surface area contributed by atoms with Crippen LogP contribution in [0, 0.1) is 20.8 Å². The van der Waals surface area contributed by atoms with Crippen molar-refractivity contribution in [2.24, 2.45) is 4.99 Å². The molecule has 1 aliphatic rings. The number of rotatable bonds is 3. The molecule has 1 N–H and O–H groups in total.